The zero-order chi connectivity index (χ0) is 14.7. The lowest BCUT2D eigenvalue weighted by atomic mass is 9.81. The van der Waals surface area contributed by atoms with Gasteiger partial charge in [0.05, 0.1) is 5.92 Å². The average Bonchev–Trinajstić information content (AvgIpc) is 2.37. The Labute approximate surface area is 127 Å². The SMILES string of the molecule is O=C(O)[C@@H]1CCC[C@H](C(=O)Nc2cc(Cl)cc(Cl)c2)C1. The van der Waals surface area contributed by atoms with Crippen molar-refractivity contribution in [1.29, 1.82) is 0 Å². The fourth-order valence-electron chi connectivity index (χ4n) is 2.52. The van der Waals surface area contributed by atoms with Crippen molar-refractivity contribution < 1.29 is 14.7 Å². The number of nitrogens with one attached hydrogen (secondary N) is 1. The number of amides is 1. The predicted octanol–water partition coefficient (Wildman–Crippen LogP) is 3.82. The van der Waals surface area contributed by atoms with Crippen LogP contribution in [0.15, 0.2) is 18.2 Å². The van der Waals surface area contributed by atoms with Crippen molar-refractivity contribution in [3.8, 4) is 0 Å². The van der Waals surface area contributed by atoms with Crippen molar-refractivity contribution >= 4 is 40.8 Å². The Morgan fingerprint density at radius 2 is 1.70 bits per heavy atom. The molecule has 0 heterocycles. The number of carboxylic acid groups (broad SMARTS) is 1. The summed E-state index contributed by atoms with van der Waals surface area (Å²) in [5.74, 6) is -1.70. The number of benzene rings is 1. The number of hydrogen-bond acceptors (Lipinski definition) is 2. The van der Waals surface area contributed by atoms with Crippen LogP contribution in [-0.2, 0) is 9.59 Å². The summed E-state index contributed by atoms with van der Waals surface area (Å²) in [7, 11) is 0. The summed E-state index contributed by atoms with van der Waals surface area (Å²) in [5, 5.41) is 12.7. The molecule has 108 valence electrons. The van der Waals surface area contributed by atoms with E-state index < -0.39 is 11.9 Å². The van der Waals surface area contributed by atoms with E-state index in [1.165, 1.54) is 0 Å². The Bertz CT molecular complexity index is 513. The molecule has 0 saturated heterocycles. The predicted molar refractivity (Wildman–Crippen MR) is 78.2 cm³/mol. The van der Waals surface area contributed by atoms with Crippen molar-refractivity contribution in [3.05, 3.63) is 28.2 Å². The molecule has 6 heteroatoms. The quantitative estimate of drug-likeness (QED) is 0.891. The van der Waals surface area contributed by atoms with E-state index in [1.807, 2.05) is 0 Å². The van der Waals surface area contributed by atoms with Crippen LogP contribution in [0.5, 0.6) is 0 Å². The van der Waals surface area contributed by atoms with Gasteiger partial charge in [-0.2, -0.15) is 0 Å². The summed E-state index contributed by atoms with van der Waals surface area (Å²) >= 11 is 11.7. The lowest BCUT2D eigenvalue weighted by molar-refractivity contribution is -0.143. The van der Waals surface area contributed by atoms with Gasteiger partial charge in [-0.1, -0.05) is 29.6 Å². The lowest BCUT2D eigenvalue weighted by Gasteiger charge is -2.25. The van der Waals surface area contributed by atoms with Gasteiger partial charge in [-0.3, -0.25) is 9.59 Å². The molecule has 1 aromatic rings. The fourth-order valence-corrected chi connectivity index (χ4v) is 3.05. The summed E-state index contributed by atoms with van der Waals surface area (Å²) in [6.07, 6.45) is 2.49. The third-order valence-electron chi connectivity index (χ3n) is 3.52. The zero-order valence-corrected chi connectivity index (χ0v) is 12.2. The monoisotopic (exact) mass is 315 g/mol. The first-order valence-corrected chi connectivity index (χ1v) is 7.21. The highest BCUT2D eigenvalue weighted by molar-refractivity contribution is 6.35. The zero-order valence-electron chi connectivity index (χ0n) is 10.7. The van der Waals surface area contributed by atoms with E-state index in [4.69, 9.17) is 28.3 Å². The Morgan fingerprint density at radius 3 is 2.30 bits per heavy atom. The van der Waals surface area contributed by atoms with E-state index in [2.05, 4.69) is 5.32 Å². The largest absolute Gasteiger partial charge is 0.481 e. The molecule has 0 bridgehead atoms. The number of carboxylic acids is 1. The third kappa shape index (κ3) is 3.87. The number of carbonyl (C=O) groups is 2. The van der Waals surface area contributed by atoms with Crippen LogP contribution < -0.4 is 5.32 Å². The average molecular weight is 316 g/mol. The molecule has 1 amide bonds. The third-order valence-corrected chi connectivity index (χ3v) is 3.96. The van der Waals surface area contributed by atoms with Crippen LogP contribution in [0.4, 0.5) is 5.69 Å². The number of halogens is 2. The number of hydrogen-bond donors (Lipinski definition) is 2. The van der Waals surface area contributed by atoms with Gasteiger partial charge in [-0.15, -0.1) is 0 Å². The highest BCUT2D eigenvalue weighted by Crippen LogP contribution is 2.30. The first-order valence-electron chi connectivity index (χ1n) is 6.45. The van der Waals surface area contributed by atoms with Crippen molar-refractivity contribution in [2.24, 2.45) is 11.8 Å². The first-order chi connectivity index (χ1) is 9.45. The molecular weight excluding hydrogens is 301 g/mol. The molecule has 0 aliphatic heterocycles. The minimum absolute atomic E-state index is 0.172. The van der Waals surface area contributed by atoms with Gasteiger partial charge in [-0.25, -0.2) is 0 Å². The fraction of sp³-hybridized carbons (Fsp3) is 0.429. The van der Waals surface area contributed by atoms with Gasteiger partial charge in [0.25, 0.3) is 0 Å². The number of rotatable bonds is 3. The maximum Gasteiger partial charge on any atom is 0.306 e. The number of carbonyl (C=O) groups excluding carboxylic acids is 1. The molecular formula is C14H15Cl2NO3. The topological polar surface area (TPSA) is 66.4 Å². The second-order valence-electron chi connectivity index (χ2n) is 5.05. The van der Waals surface area contributed by atoms with E-state index in [9.17, 15) is 9.59 Å². The molecule has 20 heavy (non-hydrogen) atoms. The van der Waals surface area contributed by atoms with Crippen molar-refractivity contribution in [2.45, 2.75) is 25.7 Å². The molecule has 0 spiro atoms. The molecule has 1 saturated carbocycles. The van der Waals surface area contributed by atoms with Crippen molar-refractivity contribution in [2.75, 3.05) is 5.32 Å². The Morgan fingerprint density at radius 1 is 1.10 bits per heavy atom. The summed E-state index contributed by atoms with van der Waals surface area (Å²) in [4.78, 5) is 23.2. The molecule has 1 aliphatic rings. The molecule has 1 aromatic carbocycles. The molecule has 0 unspecified atom stereocenters. The van der Waals surface area contributed by atoms with Crippen LogP contribution in [-0.4, -0.2) is 17.0 Å². The second kappa shape index (κ2) is 6.46. The smallest absolute Gasteiger partial charge is 0.306 e. The highest BCUT2D eigenvalue weighted by atomic mass is 35.5. The van der Waals surface area contributed by atoms with Gasteiger partial charge < -0.3 is 10.4 Å². The maximum absolute atomic E-state index is 12.2. The van der Waals surface area contributed by atoms with E-state index >= 15 is 0 Å². The molecule has 2 atom stereocenters. The van der Waals surface area contributed by atoms with Crippen molar-refractivity contribution in [1.82, 2.24) is 0 Å². The molecule has 0 radical (unpaired) electrons. The van der Waals surface area contributed by atoms with Crippen molar-refractivity contribution in [3.63, 3.8) is 0 Å². The minimum Gasteiger partial charge on any atom is -0.481 e. The van der Waals surface area contributed by atoms with Crippen LogP contribution in [0, 0.1) is 11.8 Å². The Balaban J connectivity index is 2.02. The number of anilines is 1. The number of aliphatic carboxylic acids is 1. The van der Waals surface area contributed by atoms with Gasteiger partial charge in [0.1, 0.15) is 0 Å². The summed E-state index contributed by atoms with van der Waals surface area (Å²) < 4.78 is 0. The standard InChI is InChI=1S/C14H15Cl2NO3/c15-10-5-11(16)7-12(6-10)17-13(18)8-2-1-3-9(4-8)14(19)20/h5-9H,1-4H2,(H,17,18)(H,19,20)/t8-,9+/m0/s1. The van der Waals surface area contributed by atoms with Crippen LogP contribution >= 0.6 is 23.2 Å². The highest BCUT2D eigenvalue weighted by Gasteiger charge is 2.31. The van der Waals surface area contributed by atoms with Gasteiger partial charge in [0.15, 0.2) is 0 Å². The van der Waals surface area contributed by atoms with Crippen LogP contribution in [0.25, 0.3) is 0 Å². The second-order valence-corrected chi connectivity index (χ2v) is 5.92. The molecule has 1 aliphatic carbocycles. The van der Waals surface area contributed by atoms with Crippen LogP contribution in [0.1, 0.15) is 25.7 Å². The van der Waals surface area contributed by atoms with E-state index in [0.717, 1.165) is 6.42 Å². The molecule has 1 fully saturated rings. The van der Waals surface area contributed by atoms with E-state index in [0.29, 0.717) is 35.0 Å². The molecule has 4 nitrogen and oxygen atoms in total. The van der Waals surface area contributed by atoms with E-state index in [-0.39, 0.29) is 11.8 Å². The Hall–Kier alpha value is -1.26. The lowest BCUT2D eigenvalue weighted by Crippen LogP contribution is -2.30. The van der Waals surface area contributed by atoms with Gasteiger partial charge >= 0.3 is 5.97 Å². The minimum atomic E-state index is -0.826. The molecule has 2 rings (SSSR count). The van der Waals surface area contributed by atoms with Gasteiger partial charge in [0, 0.05) is 21.7 Å². The van der Waals surface area contributed by atoms with Gasteiger partial charge in [-0.05, 0) is 37.5 Å². The molecule has 0 aromatic heterocycles. The van der Waals surface area contributed by atoms with E-state index in [1.54, 1.807) is 18.2 Å². The maximum atomic E-state index is 12.2. The summed E-state index contributed by atoms with van der Waals surface area (Å²) in [6.45, 7) is 0. The normalized spacial score (nSPS) is 22.3. The Kier molecular flexibility index (Phi) is 4.89. The van der Waals surface area contributed by atoms with Crippen LogP contribution in [0.2, 0.25) is 10.0 Å². The molecule has 2 N–H and O–H groups in total. The summed E-state index contributed by atoms with van der Waals surface area (Å²) in [6, 6.07) is 4.81. The van der Waals surface area contributed by atoms with Crippen LogP contribution in [0.3, 0.4) is 0 Å². The van der Waals surface area contributed by atoms with Gasteiger partial charge in [0.2, 0.25) is 5.91 Å². The summed E-state index contributed by atoms with van der Waals surface area (Å²) in [5.41, 5.74) is 0.532. The first kappa shape index (κ1) is 15.1.